The average Bonchev–Trinajstić information content (AvgIpc) is 2.75. The molecule has 3 aromatic carbocycles. The van der Waals surface area contributed by atoms with Crippen molar-refractivity contribution in [2.45, 2.75) is 0 Å². The second-order valence-electron chi connectivity index (χ2n) is 6.40. The number of nitrogens with zero attached hydrogens (tertiary/aromatic N) is 2. The number of hydrogen-bond donors (Lipinski definition) is 3. The molecule has 0 aliphatic carbocycles. The molecular formula is C22H17ClN4O3. The van der Waals surface area contributed by atoms with Crippen molar-refractivity contribution in [3.63, 3.8) is 0 Å². The summed E-state index contributed by atoms with van der Waals surface area (Å²) in [5, 5.41) is 16.7. The van der Waals surface area contributed by atoms with Crippen molar-refractivity contribution in [3.8, 4) is 11.5 Å². The molecule has 7 nitrogen and oxygen atoms in total. The number of anilines is 3. The number of aromatic hydroxyl groups is 1. The molecule has 1 heterocycles. The predicted octanol–water partition coefficient (Wildman–Crippen LogP) is 4.99. The van der Waals surface area contributed by atoms with E-state index in [4.69, 9.17) is 16.3 Å². The number of aromatic nitrogens is 2. The maximum Gasteiger partial charge on any atom is 0.255 e. The minimum Gasteiger partial charge on any atom is -0.504 e. The maximum absolute atomic E-state index is 12.3. The molecule has 0 spiro atoms. The van der Waals surface area contributed by atoms with Crippen molar-refractivity contribution in [2.24, 2.45) is 0 Å². The van der Waals surface area contributed by atoms with E-state index in [0.29, 0.717) is 33.7 Å². The SMILES string of the molecule is COc1cc2c(Nc3ccc(NC(=O)c4ccccc4)cc3)nc(Cl)nc2cc1O. The van der Waals surface area contributed by atoms with Gasteiger partial charge in [0.1, 0.15) is 5.82 Å². The zero-order valence-electron chi connectivity index (χ0n) is 15.9. The number of rotatable bonds is 5. The first kappa shape index (κ1) is 19.5. The number of hydrogen-bond acceptors (Lipinski definition) is 6. The van der Waals surface area contributed by atoms with Crippen LogP contribution >= 0.6 is 11.6 Å². The van der Waals surface area contributed by atoms with Gasteiger partial charge in [-0.1, -0.05) is 18.2 Å². The topological polar surface area (TPSA) is 96.4 Å². The number of carbonyl (C=O) groups excluding carboxylic acids is 1. The van der Waals surface area contributed by atoms with Crippen molar-refractivity contribution < 1.29 is 14.6 Å². The van der Waals surface area contributed by atoms with E-state index in [9.17, 15) is 9.90 Å². The van der Waals surface area contributed by atoms with Gasteiger partial charge < -0.3 is 20.5 Å². The largest absolute Gasteiger partial charge is 0.504 e. The summed E-state index contributed by atoms with van der Waals surface area (Å²) >= 11 is 6.03. The molecule has 0 aliphatic heterocycles. The fourth-order valence-corrected chi connectivity index (χ4v) is 3.12. The lowest BCUT2D eigenvalue weighted by Gasteiger charge is -2.12. The number of fused-ring (bicyclic) bond motifs is 1. The summed E-state index contributed by atoms with van der Waals surface area (Å²) in [7, 11) is 1.47. The van der Waals surface area contributed by atoms with Gasteiger partial charge in [0, 0.05) is 28.4 Å². The number of nitrogens with one attached hydrogen (secondary N) is 2. The molecule has 0 radical (unpaired) electrons. The normalized spacial score (nSPS) is 10.6. The predicted molar refractivity (Wildman–Crippen MR) is 117 cm³/mol. The van der Waals surface area contributed by atoms with Crippen LogP contribution in [0.15, 0.2) is 66.7 Å². The van der Waals surface area contributed by atoms with E-state index >= 15 is 0 Å². The Morgan fingerprint density at radius 3 is 2.40 bits per heavy atom. The molecule has 0 aliphatic rings. The molecule has 0 fully saturated rings. The maximum atomic E-state index is 12.3. The number of benzene rings is 3. The Morgan fingerprint density at radius 2 is 1.70 bits per heavy atom. The van der Waals surface area contributed by atoms with Crippen LogP contribution < -0.4 is 15.4 Å². The third kappa shape index (κ3) is 4.11. The van der Waals surface area contributed by atoms with E-state index in [1.54, 1.807) is 42.5 Å². The van der Waals surface area contributed by atoms with Gasteiger partial charge in [-0.05, 0) is 54.1 Å². The number of ether oxygens (including phenoxy) is 1. The molecule has 0 unspecified atom stereocenters. The van der Waals surface area contributed by atoms with Crippen LogP contribution in [0.4, 0.5) is 17.2 Å². The minimum atomic E-state index is -0.184. The van der Waals surface area contributed by atoms with Gasteiger partial charge in [-0.25, -0.2) is 4.98 Å². The highest BCUT2D eigenvalue weighted by Crippen LogP contribution is 2.34. The Bertz CT molecular complexity index is 1210. The van der Waals surface area contributed by atoms with E-state index in [-0.39, 0.29) is 16.9 Å². The third-order valence-corrected chi connectivity index (χ3v) is 4.58. The van der Waals surface area contributed by atoms with Crippen LogP contribution in [0.25, 0.3) is 10.9 Å². The van der Waals surface area contributed by atoms with E-state index in [1.807, 2.05) is 18.2 Å². The number of amides is 1. The van der Waals surface area contributed by atoms with Crippen molar-refractivity contribution in [1.29, 1.82) is 0 Å². The summed E-state index contributed by atoms with van der Waals surface area (Å²) < 4.78 is 5.17. The van der Waals surface area contributed by atoms with E-state index in [2.05, 4.69) is 20.6 Å². The van der Waals surface area contributed by atoms with Gasteiger partial charge in [0.15, 0.2) is 11.5 Å². The fourth-order valence-electron chi connectivity index (χ4n) is 2.94. The summed E-state index contributed by atoms with van der Waals surface area (Å²) in [5.41, 5.74) is 2.45. The van der Waals surface area contributed by atoms with E-state index in [1.165, 1.54) is 13.2 Å². The van der Waals surface area contributed by atoms with Crippen molar-refractivity contribution in [2.75, 3.05) is 17.7 Å². The van der Waals surface area contributed by atoms with Crippen molar-refractivity contribution >= 4 is 45.6 Å². The van der Waals surface area contributed by atoms with Crippen LogP contribution in [0.5, 0.6) is 11.5 Å². The van der Waals surface area contributed by atoms with Gasteiger partial charge in [0.05, 0.1) is 12.6 Å². The van der Waals surface area contributed by atoms with Crippen LogP contribution in [-0.2, 0) is 0 Å². The summed E-state index contributed by atoms with van der Waals surface area (Å²) in [5.74, 6) is 0.542. The van der Waals surface area contributed by atoms with Crippen molar-refractivity contribution in [1.82, 2.24) is 9.97 Å². The minimum absolute atomic E-state index is 0.0378. The summed E-state index contributed by atoms with van der Waals surface area (Å²) in [6, 6.07) is 19.3. The zero-order valence-corrected chi connectivity index (χ0v) is 16.6. The number of methoxy groups -OCH3 is 1. The third-order valence-electron chi connectivity index (χ3n) is 4.41. The molecular weight excluding hydrogens is 404 g/mol. The molecule has 0 saturated heterocycles. The molecule has 3 N–H and O–H groups in total. The highest BCUT2D eigenvalue weighted by Gasteiger charge is 2.12. The second-order valence-corrected chi connectivity index (χ2v) is 6.74. The summed E-state index contributed by atoms with van der Waals surface area (Å²) in [6.07, 6.45) is 0. The second kappa shape index (κ2) is 8.26. The average molecular weight is 421 g/mol. The van der Waals surface area contributed by atoms with Crippen LogP contribution in [0.1, 0.15) is 10.4 Å². The molecule has 1 aromatic heterocycles. The van der Waals surface area contributed by atoms with E-state index < -0.39 is 0 Å². The zero-order chi connectivity index (χ0) is 21.1. The monoisotopic (exact) mass is 420 g/mol. The fraction of sp³-hybridized carbons (Fsp3) is 0.0455. The number of carbonyl (C=O) groups is 1. The standard InChI is InChI=1S/C22H17ClN4O3/c1-30-19-11-16-17(12-18(19)28)26-22(23)27-20(16)24-14-7-9-15(10-8-14)25-21(29)13-5-3-2-4-6-13/h2-12,28H,1H3,(H,25,29)(H,24,26,27). The molecule has 8 heteroatoms. The smallest absolute Gasteiger partial charge is 0.255 e. The Hall–Kier alpha value is -3.84. The highest BCUT2D eigenvalue weighted by atomic mass is 35.5. The van der Waals surface area contributed by atoms with Gasteiger partial charge in [-0.3, -0.25) is 4.79 Å². The van der Waals surface area contributed by atoms with Gasteiger partial charge in [-0.15, -0.1) is 0 Å². The number of phenolic OH excluding ortho intramolecular Hbond substituents is 1. The molecule has 0 bridgehead atoms. The first-order valence-corrected chi connectivity index (χ1v) is 9.39. The van der Waals surface area contributed by atoms with Gasteiger partial charge >= 0.3 is 0 Å². The van der Waals surface area contributed by atoms with Crippen molar-refractivity contribution in [3.05, 3.63) is 77.6 Å². The molecule has 150 valence electrons. The molecule has 0 saturated carbocycles. The Kier molecular flexibility index (Phi) is 5.36. The summed E-state index contributed by atoms with van der Waals surface area (Å²) in [4.78, 5) is 20.7. The molecule has 30 heavy (non-hydrogen) atoms. The Balaban J connectivity index is 1.57. The van der Waals surface area contributed by atoms with Crippen LogP contribution in [0.3, 0.4) is 0 Å². The van der Waals surface area contributed by atoms with Gasteiger partial charge in [-0.2, -0.15) is 4.98 Å². The van der Waals surface area contributed by atoms with Crippen LogP contribution in [-0.4, -0.2) is 28.1 Å². The number of phenols is 1. The van der Waals surface area contributed by atoms with E-state index in [0.717, 1.165) is 5.69 Å². The molecule has 4 aromatic rings. The molecule has 0 atom stereocenters. The molecule has 1 amide bonds. The first-order chi connectivity index (χ1) is 14.5. The van der Waals surface area contributed by atoms with Gasteiger partial charge in [0.2, 0.25) is 5.28 Å². The Labute approximate surface area is 177 Å². The quantitative estimate of drug-likeness (QED) is 0.393. The number of halogens is 1. The van der Waals surface area contributed by atoms with Gasteiger partial charge in [0.25, 0.3) is 5.91 Å². The first-order valence-electron chi connectivity index (χ1n) is 9.01. The Morgan fingerprint density at radius 1 is 1.00 bits per heavy atom. The molecule has 4 rings (SSSR count). The lowest BCUT2D eigenvalue weighted by molar-refractivity contribution is 0.102. The lowest BCUT2D eigenvalue weighted by Crippen LogP contribution is -2.11. The highest BCUT2D eigenvalue weighted by molar-refractivity contribution is 6.28. The summed E-state index contributed by atoms with van der Waals surface area (Å²) in [6.45, 7) is 0. The van der Waals surface area contributed by atoms with Crippen LogP contribution in [0, 0.1) is 0 Å². The van der Waals surface area contributed by atoms with Crippen LogP contribution in [0.2, 0.25) is 5.28 Å². The lowest BCUT2D eigenvalue weighted by atomic mass is 10.2.